The van der Waals surface area contributed by atoms with Gasteiger partial charge in [0, 0.05) is 6.42 Å². The Labute approximate surface area is 120 Å². The molecule has 0 spiro atoms. The molecular formula is C16H21NO3. The summed E-state index contributed by atoms with van der Waals surface area (Å²) in [5.74, 6) is -0.506. The van der Waals surface area contributed by atoms with Crippen LogP contribution in [0.25, 0.3) is 0 Å². The van der Waals surface area contributed by atoms with E-state index in [1.807, 2.05) is 12.2 Å². The lowest BCUT2D eigenvalue weighted by atomic mass is 10.2. The van der Waals surface area contributed by atoms with Crippen LogP contribution in [0.1, 0.15) is 16.8 Å². The minimum Gasteiger partial charge on any atom is -0.545 e. The summed E-state index contributed by atoms with van der Waals surface area (Å²) in [6, 6.07) is 6.25. The quantitative estimate of drug-likeness (QED) is 0.486. The average molecular weight is 275 g/mol. The molecular weight excluding hydrogens is 254 g/mol. The van der Waals surface area contributed by atoms with Gasteiger partial charge in [0.15, 0.2) is 0 Å². The van der Waals surface area contributed by atoms with Crippen LogP contribution in [-0.2, 0) is 0 Å². The van der Waals surface area contributed by atoms with Crippen LogP contribution in [0.2, 0.25) is 0 Å². The molecule has 0 aliphatic rings. The number of carbonyl (C=O) groups is 1. The van der Waals surface area contributed by atoms with Gasteiger partial charge in [-0.2, -0.15) is 0 Å². The molecule has 0 amide bonds. The third-order valence-corrected chi connectivity index (χ3v) is 2.90. The molecule has 0 fully saturated rings. The smallest absolute Gasteiger partial charge is 0.119 e. The summed E-state index contributed by atoms with van der Waals surface area (Å²) in [5.41, 5.74) is 0.157. The molecule has 1 rings (SSSR count). The fraction of sp³-hybridized carbons (Fsp3) is 0.312. The van der Waals surface area contributed by atoms with Gasteiger partial charge in [0.2, 0.25) is 0 Å². The van der Waals surface area contributed by atoms with E-state index in [1.165, 1.54) is 17.0 Å². The minimum absolute atomic E-state index is 0.157. The Balaban J connectivity index is 2.31. The van der Waals surface area contributed by atoms with Crippen LogP contribution in [0, 0.1) is 0 Å². The van der Waals surface area contributed by atoms with Crippen molar-refractivity contribution in [3.05, 3.63) is 55.1 Å². The van der Waals surface area contributed by atoms with Crippen LogP contribution >= 0.6 is 0 Å². The highest BCUT2D eigenvalue weighted by Gasteiger charge is 2.03. The minimum atomic E-state index is -1.18. The van der Waals surface area contributed by atoms with Gasteiger partial charge in [0.25, 0.3) is 0 Å². The number of carboxylic acid groups (broad SMARTS) is 1. The molecule has 108 valence electrons. The van der Waals surface area contributed by atoms with Gasteiger partial charge >= 0.3 is 0 Å². The van der Waals surface area contributed by atoms with Gasteiger partial charge in [-0.25, -0.2) is 0 Å². The first-order valence-electron chi connectivity index (χ1n) is 6.67. The number of ether oxygens (including phenoxy) is 1. The lowest BCUT2D eigenvalue weighted by Gasteiger charge is -2.16. The standard InChI is InChI=1S/C16H21NO3/c1-3-10-17(11-4-2)12-5-13-20-15-8-6-14(7-9-15)16(18)19/h3-4,6-9H,1-2,5,10-13H2,(H,18,19). The third kappa shape index (κ3) is 5.71. The van der Waals surface area contributed by atoms with E-state index < -0.39 is 5.97 Å². The Morgan fingerprint density at radius 1 is 1.20 bits per heavy atom. The van der Waals surface area contributed by atoms with Gasteiger partial charge in [-0.3, -0.25) is 0 Å². The molecule has 0 aromatic heterocycles. The predicted octanol–water partition coefficient (Wildman–Crippen LogP) is 0.0759. The predicted molar refractivity (Wildman–Crippen MR) is 76.8 cm³/mol. The zero-order chi connectivity index (χ0) is 14.8. The molecule has 0 atom stereocenters. The van der Waals surface area contributed by atoms with Crippen LogP contribution < -0.4 is 14.7 Å². The number of hydrogen-bond donors (Lipinski definition) is 1. The van der Waals surface area contributed by atoms with Crippen molar-refractivity contribution in [2.24, 2.45) is 0 Å². The molecule has 1 aromatic rings. The molecule has 4 heteroatoms. The summed E-state index contributed by atoms with van der Waals surface area (Å²) in [6.45, 7) is 10.9. The molecule has 4 nitrogen and oxygen atoms in total. The van der Waals surface area contributed by atoms with Crippen molar-refractivity contribution >= 4 is 5.97 Å². The van der Waals surface area contributed by atoms with E-state index in [-0.39, 0.29) is 5.56 Å². The van der Waals surface area contributed by atoms with Crippen LogP contribution in [-0.4, -0.2) is 32.2 Å². The van der Waals surface area contributed by atoms with Crippen molar-refractivity contribution in [1.82, 2.24) is 0 Å². The lowest BCUT2D eigenvalue weighted by molar-refractivity contribution is -0.888. The topological polar surface area (TPSA) is 53.8 Å². The van der Waals surface area contributed by atoms with Gasteiger partial charge in [0.05, 0.1) is 32.2 Å². The molecule has 0 unspecified atom stereocenters. The molecule has 1 N–H and O–H groups in total. The Morgan fingerprint density at radius 3 is 2.30 bits per heavy atom. The van der Waals surface area contributed by atoms with Gasteiger partial charge in [-0.05, 0) is 42.0 Å². The molecule has 1 aromatic carbocycles. The second kappa shape index (κ2) is 8.93. The zero-order valence-corrected chi connectivity index (χ0v) is 11.6. The van der Waals surface area contributed by atoms with E-state index >= 15 is 0 Å². The SMILES string of the molecule is C=CC[NH+](CC=C)CCCOc1ccc(C(=O)[O-])cc1. The molecule has 0 aliphatic carbocycles. The van der Waals surface area contributed by atoms with Crippen LogP contribution in [0.15, 0.2) is 49.6 Å². The van der Waals surface area contributed by atoms with Gasteiger partial charge in [-0.1, -0.05) is 13.2 Å². The molecule has 0 bridgehead atoms. The highest BCUT2D eigenvalue weighted by atomic mass is 16.5. The van der Waals surface area contributed by atoms with Crippen molar-refractivity contribution < 1.29 is 19.5 Å². The fourth-order valence-electron chi connectivity index (χ4n) is 1.90. The van der Waals surface area contributed by atoms with Gasteiger partial charge < -0.3 is 19.5 Å². The highest BCUT2D eigenvalue weighted by molar-refractivity contribution is 5.85. The number of hydrogen-bond acceptors (Lipinski definition) is 3. The normalized spacial score (nSPS) is 10.2. The van der Waals surface area contributed by atoms with E-state index in [0.29, 0.717) is 12.4 Å². The average Bonchev–Trinajstić information content (AvgIpc) is 2.44. The first-order chi connectivity index (χ1) is 9.67. The fourth-order valence-corrected chi connectivity index (χ4v) is 1.90. The summed E-state index contributed by atoms with van der Waals surface area (Å²) in [4.78, 5) is 12.0. The number of benzene rings is 1. The van der Waals surface area contributed by atoms with Crippen molar-refractivity contribution in [2.75, 3.05) is 26.2 Å². The molecule has 0 radical (unpaired) electrons. The second-order valence-corrected chi connectivity index (χ2v) is 4.50. The molecule has 0 aliphatic heterocycles. The molecule has 20 heavy (non-hydrogen) atoms. The summed E-state index contributed by atoms with van der Waals surface area (Å²) in [7, 11) is 0. The Kier molecular flexibility index (Phi) is 7.14. The maximum absolute atomic E-state index is 10.6. The Morgan fingerprint density at radius 2 is 1.80 bits per heavy atom. The summed E-state index contributed by atoms with van der Waals surface area (Å²) >= 11 is 0. The van der Waals surface area contributed by atoms with Gasteiger partial charge in [-0.15, -0.1) is 0 Å². The van der Waals surface area contributed by atoms with E-state index in [9.17, 15) is 9.90 Å². The molecule has 0 heterocycles. The third-order valence-electron chi connectivity index (χ3n) is 2.90. The summed E-state index contributed by atoms with van der Waals surface area (Å²) in [6.07, 6.45) is 4.72. The van der Waals surface area contributed by atoms with E-state index in [2.05, 4.69) is 13.2 Å². The first kappa shape index (κ1) is 16.0. The van der Waals surface area contributed by atoms with E-state index in [4.69, 9.17) is 4.74 Å². The maximum atomic E-state index is 10.6. The highest BCUT2D eigenvalue weighted by Crippen LogP contribution is 2.11. The van der Waals surface area contributed by atoms with Crippen LogP contribution in [0.5, 0.6) is 5.75 Å². The van der Waals surface area contributed by atoms with Crippen molar-refractivity contribution in [3.63, 3.8) is 0 Å². The van der Waals surface area contributed by atoms with Crippen LogP contribution in [0.3, 0.4) is 0 Å². The second-order valence-electron chi connectivity index (χ2n) is 4.50. The molecule has 0 saturated heterocycles. The monoisotopic (exact) mass is 275 g/mol. The number of quaternary nitrogens is 1. The Hall–Kier alpha value is -2.07. The largest absolute Gasteiger partial charge is 0.545 e. The lowest BCUT2D eigenvalue weighted by Crippen LogP contribution is -3.11. The summed E-state index contributed by atoms with van der Waals surface area (Å²) in [5, 5.41) is 10.6. The van der Waals surface area contributed by atoms with Gasteiger partial charge in [0.1, 0.15) is 5.75 Å². The number of aromatic carboxylic acids is 1. The number of carboxylic acids is 1. The van der Waals surface area contributed by atoms with E-state index in [0.717, 1.165) is 26.1 Å². The number of carbonyl (C=O) groups excluding carboxylic acids is 1. The Bertz CT molecular complexity index is 430. The maximum Gasteiger partial charge on any atom is 0.119 e. The van der Waals surface area contributed by atoms with Crippen molar-refractivity contribution in [1.29, 1.82) is 0 Å². The van der Waals surface area contributed by atoms with Crippen molar-refractivity contribution in [3.8, 4) is 5.75 Å². The number of nitrogens with one attached hydrogen (secondary N) is 1. The van der Waals surface area contributed by atoms with Crippen LogP contribution in [0.4, 0.5) is 0 Å². The zero-order valence-electron chi connectivity index (χ0n) is 11.6. The molecule has 0 saturated carbocycles. The number of rotatable bonds is 10. The van der Waals surface area contributed by atoms with E-state index in [1.54, 1.807) is 12.1 Å². The summed E-state index contributed by atoms with van der Waals surface area (Å²) < 4.78 is 5.57. The first-order valence-corrected chi connectivity index (χ1v) is 6.67. The van der Waals surface area contributed by atoms with Crippen molar-refractivity contribution in [2.45, 2.75) is 6.42 Å².